The topological polar surface area (TPSA) is 130 Å². The number of nitrogens with zero attached hydrogens (tertiary/aromatic N) is 3. The van der Waals surface area contributed by atoms with E-state index in [1.165, 1.54) is 17.0 Å². The van der Waals surface area contributed by atoms with Gasteiger partial charge in [0.25, 0.3) is 5.69 Å². The van der Waals surface area contributed by atoms with E-state index in [-0.39, 0.29) is 29.4 Å². The lowest BCUT2D eigenvalue weighted by Gasteiger charge is -2.33. The molecule has 3 rings (SSSR count). The number of nitrogens with one attached hydrogen (secondary N) is 1. The predicted octanol–water partition coefficient (Wildman–Crippen LogP) is 4.75. The second kappa shape index (κ2) is 13.8. The van der Waals surface area contributed by atoms with E-state index in [9.17, 15) is 28.1 Å². The summed E-state index contributed by atoms with van der Waals surface area (Å²) in [6.07, 6.45) is 1.06. The van der Waals surface area contributed by atoms with Crippen molar-refractivity contribution in [1.29, 1.82) is 0 Å². The lowest BCUT2D eigenvalue weighted by atomic mass is 10.0. The molecule has 0 saturated heterocycles. The first-order chi connectivity index (χ1) is 19.3. The summed E-state index contributed by atoms with van der Waals surface area (Å²) in [6.45, 7) is 2.85. The lowest BCUT2D eigenvalue weighted by molar-refractivity contribution is -0.384. The normalized spacial score (nSPS) is 11.9. The molecule has 0 aliphatic rings. The molecule has 0 radical (unpaired) electrons. The smallest absolute Gasteiger partial charge is 0.271 e. The van der Waals surface area contributed by atoms with Crippen molar-refractivity contribution >= 4 is 56.4 Å². The Hall–Kier alpha value is -3.67. The molecule has 0 fully saturated rings. The van der Waals surface area contributed by atoms with Crippen molar-refractivity contribution in [1.82, 2.24) is 10.2 Å². The maximum Gasteiger partial charge on any atom is 0.271 e. The summed E-state index contributed by atoms with van der Waals surface area (Å²) >= 11 is 12.3. The zero-order valence-electron chi connectivity index (χ0n) is 22.7. The highest BCUT2D eigenvalue weighted by molar-refractivity contribution is 7.92. The van der Waals surface area contributed by atoms with Crippen LogP contribution in [-0.4, -0.2) is 55.4 Å². The van der Waals surface area contributed by atoms with Gasteiger partial charge in [0.05, 0.1) is 26.9 Å². The maximum atomic E-state index is 14.0. The van der Waals surface area contributed by atoms with Crippen LogP contribution in [0.1, 0.15) is 23.6 Å². The minimum atomic E-state index is -4.09. The Balaban J connectivity index is 2.11. The molecule has 0 spiro atoms. The van der Waals surface area contributed by atoms with Crippen LogP contribution in [0.4, 0.5) is 11.4 Å². The number of likely N-dealkylation sites (N-methyl/N-ethyl adjacent to an activating group) is 1. The Morgan fingerprint density at radius 1 is 1.00 bits per heavy atom. The summed E-state index contributed by atoms with van der Waals surface area (Å²) in [5.74, 6) is -1.12. The van der Waals surface area contributed by atoms with E-state index in [1.54, 1.807) is 32.0 Å². The van der Waals surface area contributed by atoms with Crippen LogP contribution in [0.15, 0.2) is 66.7 Å². The molecule has 0 heterocycles. The van der Waals surface area contributed by atoms with Gasteiger partial charge in [-0.25, -0.2) is 8.42 Å². The average molecular weight is 622 g/mol. The Bertz CT molecular complexity index is 1540. The Morgan fingerprint density at radius 3 is 2.27 bits per heavy atom. The molecule has 0 aliphatic heterocycles. The largest absolute Gasteiger partial charge is 0.355 e. The predicted molar refractivity (Wildman–Crippen MR) is 160 cm³/mol. The zero-order chi connectivity index (χ0) is 30.3. The molecule has 1 N–H and O–H groups in total. The molecule has 41 heavy (non-hydrogen) atoms. The minimum Gasteiger partial charge on any atom is -0.355 e. The molecular formula is C28H30Cl2N4O6S. The molecule has 1 atom stereocenters. The first-order valence-electron chi connectivity index (χ1n) is 12.6. The number of halogens is 2. The van der Waals surface area contributed by atoms with Gasteiger partial charge in [0, 0.05) is 31.6 Å². The van der Waals surface area contributed by atoms with Crippen LogP contribution < -0.4 is 9.62 Å². The molecule has 0 unspecified atom stereocenters. The summed E-state index contributed by atoms with van der Waals surface area (Å²) in [6, 6.07) is 16.6. The molecule has 0 aromatic heterocycles. The van der Waals surface area contributed by atoms with Gasteiger partial charge in [0.1, 0.15) is 12.6 Å². The van der Waals surface area contributed by atoms with Crippen molar-refractivity contribution in [2.45, 2.75) is 32.9 Å². The SMILES string of the molecule is CCNC(=O)[C@@H](Cc1ccccc1)N(Cc1ccc(Cl)c(Cl)c1)C(=O)CN(c1cc([N+](=O)[O-])ccc1C)S(C)(=O)=O. The fourth-order valence-electron chi connectivity index (χ4n) is 4.26. The molecule has 3 aromatic carbocycles. The number of non-ortho nitro benzene ring substituents is 1. The number of carbonyl (C=O) groups is 2. The van der Waals surface area contributed by atoms with Crippen molar-refractivity contribution in [3.05, 3.63) is 104 Å². The zero-order valence-corrected chi connectivity index (χ0v) is 25.0. The van der Waals surface area contributed by atoms with E-state index in [0.717, 1.165) is 22.2 Å². The van der Waals surface area contributed by atoms with E-state index >= 15 is 0 Å². The van der Waals surface area contributed by atoms with Crippen molar-refractivity contribution < 1.29 is 22.9 Å². The van der Waals surface area contributed by atoms with E-state index in [4.69, 9.17) is 23.2 Å². The number of nitro groups is 1. The molecule has 10 nitrogen and oxygen atoms in total. The monoisotopic (exact) mass is 620 g/mol. The van der Waals surface area contributed by atoms with E-state index in [0.29, 0.717) is 22.7 Å². The first-order valence-corrected chi connectivity index (χ1v) is 15.2. The fourth-order valence-corrected chi connectivity index (χ4v) is 5.48. The number of aryl methyl sites for hydroxylation is 1. The van der Waals surface area contributed by atoms with Crippen LogP contribution in [0.25, 0.3) is 0 Å². The summed E-state index contributed by atoms with van der Waals surface area (Å²) in [5.41, 5.74) is 1.41. The van der Waals surface area contributed by atoms with Gasteiger partial charge < -0.3 is 10.2 Å². The molecule has 0 bridgehead atoms. The number of amides is 2. The van der Waals surface area contributed by atoms with Gasteiger partial charge in [-0.2, -0.15) is 0 Å². The highest BCUT2D eigenvalue weighted by atomic mass is 35.5. The van der Waals surface area contributed by atoms with Gasteiger partial charge in [-0.05, 0) is 42.7 Å². The molecular weight excluding hydrogens is 591 g/mol. The van der Waals surface area contributed by atoms with Gasteiger partial charge in [0.15, 0.2) is 0 Å². The Kier molecular flexibility index (Phi) is 10.7. The van der Waals surface area contributed by atoms with Crippen molar-refractivity contribution in [2.75, 3.05) is 23.7 Å². The minimum absolute atomic E-state index is 0.0119. The van der Waals surface area contributed by atoms with Crippen LogP contribution in [0.2, 0.25) is 10.0 Å². The third-order valence-electron chi connectivity index (χ3n) is 6.31. The highest BCUT2D eigenvalue weighted by Gasteiger charge is 2.33. The number of sulfonamides is 1. The standard InChI is InChI=1S/C28H30Cl2N4O6S/c1-4-31-28(36)26(15-20-8-6-5-7-9-20)32(17-21-11-13-23(29)24(30)14-21)27(35)18-33(41(3,39)40)25-16-22(34(37)38)12-10-19(25)2/h5-14,16,26H,4,15,17-18H2,1-3H3,(H,31,36)/t26-/m1/s1. The van der Waals surface area contributed by atoms with Gasteiger partial charge in [-0.1, -0.05) is 65.7 Å². The third-order valence-corrected chi connectivity index (χ3v) is 8.18. The van der Waals surface area contributed by atoms with Crippen molar-refractivity contribution in [2.24, 2.45) is 0 Å². The molecule has 0 aliphatic carbocycles. The number of benzene rings is 3. The number of carbonyl (C=O) groups excluding carboxylic acids is 2. The van der Waals surface area contributed by atoms with E-state index in [2.05, 4.69) is 5.32 Å². The number of hydrogen-bond donors (Lipinski definition) is 1. The average Bonchev–Trinajstić information content (AvgIpc) is 2.91. The Morgan fingerprint density at radius 2 is 1.68 bits per heavy atom. The number of rotatable bonds is 12. The second-order valence-electron chi connectivity index (χ2n) is 9.37. The molecule has 3 aromatic rings. The fraction of sp³-hybridized carbons (Fsp3) is 0.286. The van der Waals surface area contributed by atoms with Crippen LogP contribution in [0, 0.1) is 17.0 Å². The quantitative estimate of drug-likeness (QED) is 0.230. The molecule has 0 saturated carbocycles. The summed E-state index contributed by atoms with van der Waals surface area (Å²) in [7, 11) is -4.09. The molecule has 2 amide bonds. The van der Waals surface area contributed by atoms with E-state index < -0.39 is 39.3 Å². The molecule has 13 heteroatoms. The number of nitro benzene ring substituents is 1. The summed E-state index contributed by atoms with van der Waals surface area (Å²) in [5, 5.41) is 14.7. The number of anilines is 1. The van der Waals surface area contributed by atoms with Crippen LogP contribution >= 0.6 is 23.2 Å². The lowest BCUT2D eigenvalue weighted by Crippen LogP contribution is -2.53. The van der Waals surface area contributed by atoms with Gasteiger partial charge >= 0.3 is 0 Å². The molecule has 218 valence electrons. The van der Waals surface area contributed by atoms with Crippen molar-refractivity contribution in [3.8, 4) is 0 Å². The van der Waals surface area contributed by atoms with Crippen molar-refractivity contribution in [3.63, 3.8) is 0 Å². The first kappa shape index (κ1) is 31.9. The van der Waals surface area contributed by atoms with Crippen LogP contribution in [0.3, 0.4) is 0 Å². The highest BCUT2D eigenvalue weighted by Crippen LogP contribution is 2.29. The van der Waals surface area contributed by atoms with Gasteiger partial charge in [-0.3, -0.25) is 24.0 Å². The summed E-state index contributed by atoms with van der Waals surface area (Å²) < 4.78 is 26.7. The second-order valence-corrected chi connectivity index (χ2v) is 12.1. The van der Waals surface area contributed by atoms with Gasteiger partial charge in [-0.15, -0.1) is 0 Å². The van der Waals surface area contributed by atoms with Crippen LogP contribution in [0.5, 0.6) is 0 Å². The summed E-state index contributed by atoms with van der Waals surface area (Å²) in [4.78, 5) is 39.5. The number of hydrogen-bond acceptors (Lipinski definition) is 6. The Labute approximate surface area is 249 Å². The van der Waals surface area contributed by atoms with E-state index in [1.807, 2.05) is 30.3 Å². The van der Waals surface area contributed by atoms with Gasteiger partial charge in [0.2, 0.25) is 21.8 Å². The maximum absolute atomic E-state index is 14.0. The van der Waals surface area contributed by atoms with Crippen LogP contribution in [-0.2, 0) is 32.6 Å². The third kappa shape index (κ3) is 8.42.